The van der Waals surface area contributed by atoms with Gasteiger partial charge in [-0.1, -0.05) is 6.92 Å². The number of carboxylic acid groups (broad SMARTS) is 1. The van der Waals surface area contributed by atoms with E-state index in [0.29, 0.717) is 12.5 Å². The third kappa shape index (κ3) is 5.19. The van der Waals surface area contributed by atoms with Gasteiger partial charge in [-0.15, -0.1) is 0 Å². The Kier molecular flexibility index (Phi) is 5.79. The van der Waals surface area contributed by atoms with Crippen LogP contribution in [-0.4, -0.2) is 48.1 Å². The molecule has 5 heteroatoms. The van der Waals surface area contributed by atoms with Gasteiger partial charge >= 0.3 is 5.97 Å². The van der Waals surface area contributed by atoms with Crippen molar-refractivity contribution in [2.24, 2.45) is 11.3 Å². The number of hydrogen-bond donors (Lipinski definition) is 2. The number of carboxylic acids is 1. The molecule has 0 atom stereocenters. The number of hydrogen-bond acceptors (Lipinski definition) is 3. The lowest BCUT2D eigenvalue weighted by molar-refractivity contribution is -0.149. The SMILES string of the molecule is CCN1CCC(CNC(=O)CC(C)(C)C(=O)O)CC1. The molecule has 0 radical (unpaired) electrons. The molecule has 0 aromatic carbocycles. The number of likely N-dealkylation sites (tertiary alicyclic amines) is 1. The molecule has 1 heterocycles. The standard InChI is InChI=1S/C14H26N2O3/c1-4-16-7-5-11(6-8-16)10-15-12(17)9-14(2,3)13(18)19/h11H,4-10H2,1-3H3,(H,15,17)(H,18,19). The second-order valence-corrected chi connectivity index (χ2v) is 6.05. The highest BCUT2D eigenvalue weighted by Crippen LogP contribution is 2.20. The summed E-state index contributed by atoms with van der Waals surface area (Å²) in [5, 5.41) is 11.9. The molecule has 110 valence electrons. The Morgan fingerprint density at radius 3 is 2.37 bits per heavy atom. The van der Waals surface area contributed by atoms with E-state index in [1.807, 2.05) is 0 Å². The minimum absolute atomic E-state index is 0.0378. The highest BCUT2D eigenvalue weighted by Gasteiger charge is 2.30. The van der Waals surface area contributed by atoms with Gasteiger partial charge in [-0.25, -0.2) is 0 Å². The fourth-order valence-electron chi connectivity index (χ4n) is 2.30. The molecule has 1 aliphatic heterocycles. The van der Waals surface area contributed by atoms with Crippen molar-refractivity contribution >= 4 is 11.9 Å². The largest absolute Gasteiger partial charge is 0.481 e. The first-order chi connectivity index (χ1) is 8.85. The molecule has 1 rings (SSSR count). The van der Waals surface area contributed by atoms with Crippen molar-refractivity contribution in [3.63, 3.8) is 0 Å². The molecule has 0 spiro atoms. The molecular formula is C14H26N2O3. The van der Waals surface area contributed by atoms with Crippen LogP contribution in [0.25, 0.3) is 0 Å². The van der Waals surface area contributed by atoms with Crippen LogP contribution >= 0.6 is 0 Å². The third-order valence-electron chi connectivity index (χ3n) is 3.92. The molecule has 1 aliphatic rings. The molecule has 1 fully saturated rings. The molecule has 0 aliphatic carbocycles. The maximum absolute atomic E-state index is 11.7. The number of amides is 1. The van der Waals surface area contributed by atoms with Gasteiger partial charge in [0.25, 0.3) is 0 Å². The van der Waals surface area contributed by atoms with Crippen LogP contribution in [0, 0.1) is 11.3 Å². The summed E-state index contributed by atoms with van der Waals surface area (Å²) in [7, 11) is 0. The molecule has 0 saturated carbocycles. The Balaban J connectivity index is 2.26. The quantitative estimate of drug-likeness (QED) is 0.764. The lowest BCUT2D eigenvalue weighted by Gasteiger charge is -2.31. The zero-order valence-corrected chi connectivity index (χ0v) is 12.2. The lowest BCUT2D eigenvalue weighted by atomic mass is 9.89. The highest BCUT2D eigenvalue weighted by molar-refractivity contribution is 5.84. The second kappa shape index (κ2) is 6.89. The number of piperidine rings is 1. The van der Waals surface area contributed by atoms with Gasteiger partial charge in [0.1, 0.15) is 0 Å². The van der Waals surface area contributed by atoms with E-state index in [1.165, 1.54) is 0 Å². The average molecular weight is 270 g/mol. The van der Waals surface area contributed by atoms with E-state index in [4.69, 9.17) is 5.11 Å². The van der Waals surface area contributed by atoms with Gasteiger partial charge in [0.05, 0.1) is 5.41 Å². The smallest absolute Gasteiger partial charge is 0.309 e. The van der Waals surface area contributed by atoms with Crippen molar-refractivity contribution < 1.29 is 14.7 Å². The van der Waals surface area contributed by atoms with Crippen LogP contribution in [0.4, 0.5) is 0 Å². The Morgan fingerprint density at radius 1 is 1.32 bits per heavy atom. The van der Waals surface area contributed by atoms with E-state index in [1.54, 1.807) is 13.8 Å². The van der Waals surface area contributed by atoms with Gasteiger partial charge in [0.2, 0.25) is 5.91 Å². The maximum Gasteiger partial charge on any atom is 0.309 e. The summed E-state index contributed by atoms with van der Waals surface area (Å²) in [5.41, 5.74) is -0.990. The molecule has 0 unspecified atom stereocenters. The zero-order valence-electron chi connectivity index (χ0n) is 12.2. The Labute approximate surface area is 115 Å². The highest BCUT2D eigenvalue weighted by atomic mass is 16.4. The normalized spacial score (nSPS) is 18.3. The molecule has 19 heavy (non-hydrogen) atoms. The van der Waals surface area contributed by atoms with E-state index < -0.39 is 11.4 Å². The molecule has 5 nitrogen and oxygen atoms in total. The Hall–Kier alpha value is -1.10. The fourth-order valence-corrected chi connectivity index (χ4v) is 2.30. The zero-order chi connectivity index (χ0) is 14.5. The summed E-state index contributed by atoms with van der Waals surface area (Å²) in [6, 6.07) is 0. The molecule has 0 aromatic heterocycles. The van der Waals surface area contributed by atoms with Crippen molar-refractivity contribution in [1.82, 2.24) is 10.2 Å². The molecular weight excluding hydrogens is 244 g/mol. The summed E-state index contributed by atoms with van der Waals surface area (Å²) in [4.78, 5) is 25.1. The van der Waals surface area contributed by atoms with Gasteiger partial charge in [0.15, 0.2) is 0 Å². The molecule has 0 aromatic rings. The van der Waals surface area contributed by atoms with E-state index in [-0.39, 0.29) is 12.3 Å². The number of carbonyl (C=O) groups is 2. The van der Waals surface area contributed by atoms with Crippen molar-refractivity contribution in [2.75, 3.05) is 26.2 Å². The predicted molar refractivity (Wildman–Crippen MR) is 73.9 cm³/mol. The number of carbonyl (C=O) groups excluding carboxylic acids is 1. The fraction of sp³-hybridized carbons (Fsp3) is 0.857. The van der Waals surface area contributed by atoms with Crippen LogP contribution < -0.4 is 5.32 Å². The lowest BCUT2D eigenvalue weighted by Crippen LogP contribution is -2.40. The van der Waals surface area contributed by atoms with Gasteiger partial charge in [-0.2, -0.15) is 0 Å². The van der Waals surface area contributed by atoms with Crippen molar-refractivity contribution in [3.05, 3.63) is 0 Å². The molecule has 1 amide bonds. The van der Waals surface area contributed by atoms with Crippen LogP contribution in [0.5, 0.6) is 0 Å². The summed E-state index contributed by atoms with van der Waals surface area (Å²) in [5.74, 6) is -0.566. The number of nitrogens with one attached hydrogen (secondary N) is 1. The molecule has 1 saturated heterocycles. The van der Waals surface area contributed by atoms with Crippen LogP contribution in [0.3, 0.4) is 0 Å². The van der Waals surface area contributed by atoms with Gasteiger partial charge < -0.3 is 15.3 Å². The first-order valence-electron chi connectivity index (χ1n) is 7.07. The Bertz CT molecular complexity index is 321. The number of aliphatic carboxylic acids is 1. The molecule has 0 bridgehead atoms. The van der Waals surface area contributed by atoms with E-state index >= 15 is 0 Å². The number of nitrogens with zero attached hydrogens (tertiary/aromatic N) is 1. The maximum atomic E-state index is 11.7. The van der Waals surface area contributed by atoms with Crippen molar-refractivity contribution in [1.29, 1.82) is 0 Å². The van der Waals surface area contributed by atoms with E-state index in [2.05, 4.69) is 17.1 Å². The summed E-state index contributed by atoms with van der Waals surface area (Å²) >= 11 is 0. The van der Waals surface area contributed by atoms with E-state index in [9.17, 15) is 9.59 Å². The predicted octanol–water partition coefficient (Wildman–Crippen LogP) is 1.34. The van der Waals surface area contributed by atoms with Crippen molar-refractivity contribution in [3.8, 4) is 0 Å². The summed E-state index contributed by atoms with van der Waals surface area (Å²) < 4.78 is 0. The van der Waals surface area contributed by atoms with Gasteiger partial charge in [-0.05, 0) is 52.2 Å². The van der Waals surface area contributed by atoms with Crippen molar-refractivity contribution in [2.45, 2.75) is 40.0 Å². The van der Waals surface area contributed by atoms with E-state index in [0.717, 1.165) is 32.5 Å². The molecule has 2 N–H and O–H groups in total. The monoisotopic (exact) mass is 270 g/mol. The van der Waals surface area contributed by atoms with Crippen LogP contribution in [0.2, 0.25) is 0 Å². The average Bonchev–Trinajstić information content (AvgIpc) is 2.36. The summed E-state index contributed by atoms with van der Waals surface area (Å²) in [6.45, 7) is 9.27. The minimum atomic E-state index is -0.990. The first kappa shape index (κ1) is 16.0. The first-order valence-corrected chi connectivity index (χ1v) is 7.07. The van der Waals surface area contributed by atoms with Crippen LogP contribution in [0.1, 0.15) is 40.0 Å². The van der Waals surface area contributed by atoms with Crippen LogP contribution in [0.15, 0.2) is 0 Å². The van der Waals surface area contributed by atoms with Gasteiger partial charge in [-0.3, -0.25) is 9.59 Å². The second-order valence-electron chi connectivity index (χ2n) is 6.05. The number of rotatable bonds is 6. The summed E-state index contributed by atoms with van der Waals surface area (Å²) in [6.07, 6.45) is 2.25. The topological polar surface area (TPSA) is 69.6 Å². The minimum Gasteiger partial charge on any atom is -0.481 e. The van der Waals surface area contributed by atoms with Gasteiger partial charge in [0, 0.05) is 13.0 Å². The third-order valence-corrected chi connectivity index (χ3v) is 3.92. The van der Waals surface area contributed by atoms with Crippen LogP contribution in [-0.2, 0) is 9.59 Å². The Morgan fingerprint density at radius 2 is 1.89 bits per heavy atom.